The van der Waals surface area contributed by atoms with Crippen LogP contribution in [0.3, 0.4) is 0 Å². The van der Waals surface area contributed by atoms with E-state index in [1.807, 2.05) is 26.0 Å². The number of furan rings is 1. The van der Waals surface area contributed by atoms with Gasteiger partial charge in [0.15, 0.2) is 0 Å². The molecule has 1 aromatic rings. The third-order valence-electron chi connectivity index (χ3n) is 3.79. The first kappa shape index (κ1) is 16.8. The lowest BCUT2D eigenvalue weighted by molar-refractivity contribution is 0.223. The highest BCUT2D eigenvalue weighted by Gasteiger charge is 2.26. The molecular formula is C14H23N3O4S. The quantitative estimate of drug-likeness (QED) is 0.873. The van der Waals surface area contributed by atoms with Crippen molar-refractivity contribution in [2.75, 3.05) is 19.3 Å². The zero-order chi connectivity index (χ0) is 16.3. The van der Waals surface area contributed by atoms with E-state index in [9.17, 15) is 13.2 Å². The normalized spacial score (nSPS) is 18.9. The molecule has 1 saturated heterocycles. The molecule has 0 radical (unpaired) electrons. The van der Waals surface area contributed by atoms with E-state index in [0.717, 1.165) is 5.76 Å². The smallest absolute Gasteiger partial charge is 0.315 e. The van der Waals surface area contributed by atoms with Crippen LogP contribution in [0.5, 0.6) is 0 Å². The molecule has 2 amide bonds. The van der Waals surface area contributed by atoms with E-state index in [4.69, 9.17) is 4.42 Å². The van der Waals surface area contributed by atoms with Crippen LogP contribution in [0.4, 0.5) is 4.79 Å². The Morgan fingerprint density at radius 2 is 2.00 bits per heavy atom. The van der Waals surface area contributed by atoms with Gasteiger partial charge >= 0.3 is 6.03 Å². The number of carbonyl (C=O) groups is 1. The minimum atomic E-state index is -3.14. The summed E-state index contributed by atoms with van der Waals surface area (Å²) < 4.78 is 29.8. The van der Waals surface area contributed by atoms with Crippen molar-refractivity contribution in [1.29, 1.82) is 0 Å². The van der Waals surface area contributed by atoms with Gasteiger partial charge in [0.05, 0.1) is 12.3 Å². The van der Waals surface area contributed by atoms with Gasteiger partial charge in [-0.3, -0.25) is 0 Å². The van der Waals surface area contributed by atoms with Crippen molar-refractivity contribution in [1.82, 2.24) is 14.9 Å². The van der Waals surface area contributed by atoms with E-state index >= 15 is 0 Å². The number of urea groups is 1. The molecule has 2 rings (SSSR count). The van der Waals surface area contributed by atoms with Crippen LogP contribution in [0.1, 0.15) is 37.3 Å². The molecular weight excluding hydrogens is 306 g/mol. The molecule has 7 nitrogen and oxygen atoms in total. The molecule has 2 heterocycles. The van der Waals surface area contributed by atoms with Crippen molar-refractivity contribution >= 4 is 16.1 Å². The summed E-state index contributed by atoms with van der Waals surface area (Å²) in [5, 5.41) is 5.71. The summed E-state index contributed by atoms with van der Waals surface area (Å²) in [7, 11) is -3.14. The zero-order valence-corrected chi connectivity index (χ0v) is 13.9. The van der Waals surface area contributed by atoms with Crippen molar-refractivity contribution in [2.24, 2.45) is 0 Å². The molecule has 0 aromatic carbocycles. The predicted molar refractivity (Wildman–Crippen MR) is 83.0 cm³/mol. The minimum Gasteiger partial charge on any atom is -0.464 e. The lowest BCUT2D eigenvalue weighted by Gasteiger charge is -2.30. The van der Waals surface area contributed by atoms with E-state index in [1.54, 1.807) is 0 Å². The number of hydrogen-bond acceptors (Lipinski definition) is 4. The molecule has 124 valence electrons. The molecule has 1 atom stereocenters. The van der Waals surface area contributed by atoms with Crippen LogP contribution >= 0.6 is 0 Å². The summed E-state index contributed by atoms with van der Waals surface area (Å²) in [6, 6.07) is 3.20. The van der Waals surface area contributed by atoms with Crippen molar-refractivity contribution in [3.63, 3.8) is 0 Å². The van der Waals surface area contributed by atoms with E-state index in [1.165, 1.54) is 10.6 Å². The van der Waals surface area contributed by atoms with Crippen molar-refractivity contribution in [3.8, 4) is 0 Å². The summed E-state index contributed by atoms with van der Waals surface area (Å²) in [6.45, 7) is 4.59. The van der Waals surface area contributed by atoms with Crippen LogP contribution in [-0.2, 0) is 10.0 Å². The number of piperidine rings is 1. The summed E-state index contributed by atoms with van der Waals surface area (Å²) in [5.74, 6) is 1.51. The average molecular weight is 329 g/mol. The maximum Gasteiger partial charge on any atom is 0.315 e. The van der Waals surface area contributed by atoms with Crippen molar-refractivity contribution in [3.05, 3.63) is 23.7 Å². The Kier molecular flexibility index (Phi) is 5.12. The van der Waals surface area contributed by atoms with Gasteiger partial charge in [-0.1, -0.05) is 0 Å². The molecule has 0 bridgehead atoms. The number of hydrogen-bond donors (Lipinski definition) is 2. The fourth-order valence-electron chi connectivity index (χ4n) is 2.51. The van der Waals surface area contributed by atoms with E-state index in [0.29, 0.717) is 31.7 Å². The average Bonchev–Trinajstić information content (AvgIpc) is 2.85. The molecule has 0 spiro atoms. The molecule has 22 heavy (non-hydrogen) atoms. The second kappa shape index (κ2) is 6.70. The van der Waals surface area contributed by atoms with Gasteiger partial charge in [-0.15, -0.1) is 0 Å². The Bertz CT molecular complexity index is 618. The molecule has 1 fully saturated rings. The van der Waals surface area contributed by atoms with E-state index in [-0.39, 0.29) is 18.1 Å². The number of sulfonamides is 1. The number of carbonyl (C=O) groups excluding carboxylic acids is 1. The van der Waals surface area contributed by atoms with Crippen LogP contribution in [-0.4, -0.2) is 44.1 Å². The molecule has 0 aliphatic carbocycles. The second-order valence-electron chi connectivity index (χ2n) is 5.72. The Labute approximate surface area is 131 Å². The van der Waals surface area contributed by atoms with Gasteiger partial charge in [0.1, 0.15) is 11.5 Å². The Morgan fingerprint density at radius 1 is 1.36 bits per heavy atom. The lowest BCUT2D eigenvalue weighted by Crippen LogP contribution is -2.49. The summed E-state index contributed by atoms with van der Waals surface area (Å²) in [5.41, 5.74) is 0. The first-order chi connectivity index (χ1) is 10.3. The maximum absolute atomic E-state index is 12.0. The molecule has 0 saturated carbocycles. The van der Waals surface area contributed by atoms with Gasteiger partial charge in [-0.25, -0.2) is 17.5 Å². The van der Waals surface area contributed by atoms with Gasteiger partial charge in [0, 0.05) is 19.1 Å². The number of rotatable bonds is 4. The largest absolute Gasteiger partial charge is 0.464 e. The highest BCUT2D eigenvalue weighted by atomic mass is 32.2. The van der Waals surface area contributed by atoms with Crippen LogP contribution < -0.4 is 10.6 Å². The third-order valence-corrected chi connectivity index (χ3v) is 5.10. The minimum absolute atomic E-state index is 0.0106. The molecule has 8 heteroatoms. The third kappa shape index (κ3) is 4.48. The van der Waals surface area contributed by atoms with Gasteiger partial charge in [0.25, 0.3) is 0 Å². The number of amides is 2. The summed E-state index contributed by atoms with van der Waals surface area (Å²) >= 11 is 0. The van der Waals surface area contributed by atoms with Gasteiger partial charge < -0.3 is 15.1 Å². The highest BCUT2D eigenvalue weighted by molar-refractivity contribution is 7.88. The van der Waals surface area contributed by atoms with Gasteiger partial charge in [-0.2, -0.15) is 0 Å². The lowest BCUT2D eigenvalue weighted by atomic mass is 10.1. The second-order valence-corrected chi connectivity index (χ2v) is 7.71. The first-order valence-electron chi connectivity index (χ1n) is 7.34. The predicted octanol–water partition coefficient (Wildman–Crippen LogP) is 1.37. The monoisotopic (exact) mass is 329 g/mol. The fourth-order valence-corrected chi connectivity index (χ4v) is 3.39. The van der Waals surface area contributed by atoms with Crippen LogP contribution in [0.25, 0.3) is 0 Å². The SMILES string of the molecule is Cc1ccc([C@H](C)NC(=O)NC2CCN(S(C)(=O)=O)CC2)o1. The Hall–Kier alpha value is -1.54. The van der Waals surface area contributed by atoms with Gasteiger partial charge in [-0.05, 0) is 38.8 Å². The van der Waals surface area contributed by atoms with E-state index in [2.05, 4.69) is 10.6 Å². The molecule has 1 aliphatic heterocycles. The molecule has 1 aliphatic rings. The number of nitrogens with one attached hydrogen (secondary N) is 2. The molecule has 1 aromatic heterocycles. The zero-order valence-electron chi connectivity index (χ0n) is 13.1. The van der Waals surface area contributed by atoms with Crippen molar-refractivity contribution in [2.45, 2.75) is 38.8 Å². The summed E-state index contributed by atoms with van der Waals surface area (Å²) in [6.07, 6.45) is 2.45. The van der Waals surface area contributed by atoms with E-state index < -0.39 is 10.0 Å². The Balaban J connectivity index is 1.79. The van der Waals surface area contributed by atoms with Crippen LogP contribution in [0.2, 0.25) is 0 Å². The van der Waals surface area contributed by atoms with Crippen molar-refractivity contribution < 1.29 is 17.6 Å². The Morgan fingerprint density at radius 3 is 2.50 bits per heavy atom. The number of aryl methyl sites for hydroxylation is 1. The topological polar surface area (TPSA) is 91.7 Å². The first-order valence-corrected chi connectivity index (χ1v) is 9.19. The molecule has 2 N–H and O–H groups in total. The number of nitrogens with zero attached hydrogens (tertiary/aromatic N) is 1. The fraction of sp³-hybridized carbons (Fsp3) is 0.643. The van der Waals surface area contributed by atoms with Gasteiger partial charge in [0.2, 0.25) is 10.0 Å². The highest BCUT2D eigenvalue weighted by Crippen LogP contribution is 2.16. The standard InChI is InChI=1S/C14H23N3O4S/c1-10-4-5-13(21-10)11(2)15-14(18)16-12-6-8-17(9-7-12)22(3,19)20/h4-5,11-12H,6-9H2,1-3H3,(H2,15,16,18)/t11-/m0/s1. The maximum atomic E-state index is 12.0. The van der Waals surface area contributed by atoms with Crippen LogP contribution in [0.15, 0.2) is 16.5 Å². The summed E-state index contributed by atoms with van der Waals surface area (Å²) in [4.78, 5) is 12.0. The molecule has 0 unspecified atom stereocenters. The van der Waals surface area contributed by atoms with Crippen LogP contribution in [0, 0.1) is 6.92 Å².